The van der Waals surface area contributed by atoms with Crippen LogP contribution in [0.4, 0.5) is 0 Å². The van der Waals surface area contributed by atoms with Crippen LogP contribution in [0, 0.1) is 5.92 Å². The van der Waals surface area contributed by atoms with Gasteiger partial charge in [0.2, 0.25) is 11.8 Å². The molecule has 0 radical (unpaired) electrons. The summed E-state index contributed by atoms with van der Waals surface area (Å²) in [6.45, 7) is 5.08. The van der Waals surface area contributed by atoms with Crippen LogP contribution in [0.2, 0.25) is 0 Å². The molecular formula is C25H40N2O2. The van der Waals surface area contributed by atoms with Gasteiger partial charge in [-0.15, -0.1) is 0 Å². The first-order valence-corrected chi connectivity index (χ1v) is 11.7. The van der Waals surface area contributed by atoms with E-state index in [1.54, 1.807) is 0 Å². The van der Waals surface area contributed by atoms with Crippen LogP contribution in [0.25, 0.3) is 0 Å². The normalized spacial score (nSPS) is 26.5. The van der Waals surface area contributed by atoms with Crippen molar-refractivity contribution in [2.24, 2.45) is 5.92 Å². The molecule has 0 aromatic carbocycles. The van der Waals surface area contributed by atoms with E-state index < -0.39 is 0 Å². The van der Waals surface area contributed by atoms with Crippen LogP contribution in [0.5, 0.6) is 0 Å². The van der Waals surface area contributed by atoms with E-state index in [1.165, 1.54) is 0 Å². The fourth-order valence-electron chi connectivity index (χ4n) is 3.81. The summed E-state index contributed by atoms with van der Waals surface area (Å²) in [6, 6.07) is 0.510. The van der Waals surface area contributed by atoms with Gasteiger partial charge in [-0.05, 0) is 57.8 Å². The van der Waals surface area contributed by atoms with Crippen LogP contribution in [0.15, 0.2) is 36.5 Å². The summed E-state index contributed by atoms with van der Waals surface area (Å²) in [5.74, 6) is 0.612. The summed E-state index contributed by atoms with van der Waals surface area (Å²) in [5, 5.41) is 3.09. The molecule has 0 saturated heterocycles. The lowest BCUT2D eigenvalue weighted by molar-refractivity contribution is -0.134. The Morgan fingerprint density at radius 1 is 1.00 bits per heavy atom. The number of allylic oxidation sites excluding steroid dienone is 4. The van der Waals surface area contributed by atoms with Crippen molar-refractivity contribution in [2.45, 2.75) is 96.6 Å². The van der Waals surface area contributed by atoms with Gasteiger partial charge in [-0.2, -0.15) is 0 Å². The first kappa shape index (κ1) is 23.4. The summed E-state index contributed by atoms with van der Waals surface area (Å²) in [5.41, 5.74) is 0. The van der Waals surface area contributed by atoms with Gasteiger partial charge in [0.15, 0.2) is 0 Å². The van der Waals surface area contributed by atoms with Gasteiger partial charge < -0.3 is 10.2 Å². The predicted octanol–water partition coefficient (Wildman–Crippen LogP) is 5.31. The summed E-state index contributed by atoms with van der Waals surface area (Å²) in [6.07, 6.45) is 23.3. The van der Waals surface area contributed by atoms with E-state index in [2.05, 4.69) is 60.5 Å². The lowest BCUT2D eigenvalue weighted by Gasteiger charge is -2.34. The minimum Gasteiger partial charge on any atom is -0.353 e. The maximum atomic E-state index is 13.0. The number of carbonyl (C=O) groups is 2. The molecule has 0 spiro atoms. The number of nitrogens with one attached hydrogen (secondary N) is 1. The first-order chi connectivity index (χ1) is 14.1. The highest BCUT2D eigenvalue weighted by atomic mass is 16.2. The van der Waals surface area contributed by atoms with E-state index in [-0.39, 0.29) is 23.8 Å². The zero-order valence-corrected chi connectivity index (χ0v) is 18.4. The maximum absolute atomic E-state index is 13.0. The number of rotatable bonds is 8. The fraction of sp³-hybridized carbons (Fsp3) is 0.680. The number of carbonyl (C=O) groups excluding carboxylic acids is 2. The van der Waals surface area contributed by atoms with Crippen molar-refractivity contribution in [1.29, 1.82) is 0 Å². The largest absolute Gasteiger partial charge is 0.353 e. The van der Waals surface area contributed by atoms with Crippen molar-refractivity contribution >= 4 is 11.8 Å². The molecular weight excluding hydrogens is 360 g/mol. The minimum absolute atomic E-state index is 0.104. The molecule has 2 amide bonds. The van der Waals surface area contributed by atoms with Crippen molar-refractivity contribution in [3.8, 4) is 0 Å². The Morgan fingerprint density at radius 2 is 1.72 bits per heavy atom. The van der Waals surface area contributed by atoms with Gasteiger partial charge in [0.05, 0.1) is 0 Å². The average molecular weight is 401 g/mol. The maximum Gasteiger partial charge on any atom is 0.222 e. The fourth-order valence-corrected chi connectivity index (χ4v) is 3.81. The smallest absolute Gasteiger partial charge is 0.222 e. The molecule has 2 rings (SSSR count). The zero-order valence-electron chi connectivity index (χ0n) is 18.4. The first-order valence-electron chi connectivity index (χ1n) is 11.7. The number of unbranched alkanes of at least 4 members (excludes halogenated alkanes) is 2. The van der Waals surface area contributed by atoms with Gasteiger partial charge >= 0.3 is 0 Å². The van der Waals surface area contributed by atoms with Gasteiger partial charge in [0.1, 0.15) is 0 Å². The SMILES string of the molecule is CCCCCC(=O)N1CC/C=C\C/C=C\C/C=C\C(CCC(=O)NC2CC2)C1C. The molecule has 2 unspecified atom stereocenters. The second-order valence-corrected chi connectivity index (χ2v) is 8.46. The Morgan fingerprint density at radius 3 is 2.45 bits per heavy atom. The van der Waals surface area contributed by atoms with Gasteiger partial charge in [-0.3, -0.25) is 9.59 Å². The molecule has 0 bridgehead atoms. The Hall–Kier alpha value is -1.84. The highest BCUT2D eigenvalue weighted by Gasteiger charge is 2.27. The van der Waals surface area contributed by atoms with E-state index >= 15 is 0 Å². The summed E-state index contributed by atoms with van der Waals surface area (Å²) < 4.78 is 0. The summed E-state index contributed by atoms with van der Waals surface area (Å²) >= 11 is 0. The molecule has 1 heterocycles. The zero-order chi connectivity index (χ0) is 20.9. The van der Waals surface area contributed by atoms with Gasteiger partial charge in [0, 0.05) is 31.5 Å². The van der Waals surface area contributed by atoms with E-state index in [9.17, 15) is 9.59 Å². The number of hydrogen-bond acceptors (Lipinski definition) is 2. The third kappa shape index (κ3) is 9.47. The van der Waals surface area contributed by atoms with Crippen molar-refractivity contribution in [3.63, 3.8) is 0 Å². The molecule has 0 aromatic rings. The topological polar surface area (TPSA) is 49.4 Å². The Labute approximate surface area is 177 Å². The number of amides is 2. The molecule has 4 nitrogen and oxygen atoms in total. The van der Waals surface area contributed by atoms with Crippen LogP contribution < -0.4 is 5.32 Å². The van der Waals surface area contributed by atoms with Crippen LogP contribution in [0.3, 0.4) is 0 Å². The molecule has 1 fully saturated rings. The second-order valence-electron chi connectivity index (χ2n) is 8.46. The van der Waals surface area contributed by atoms with E-state index in [0.717, 1.165) is 64.3 Å². The molecule has 1 saturated carbocycles. The monoisotopic (exact) mass is 400 g/mol. The molecule has 4 heteroatoms. The Kier molecular flexibility index (Phi) is 10.8. The quantitative estimate of drug-likeness (QED) is 0.443. The van der Waals surface area contributed by atoms with Crippen LogP contribution >= 0.6 is 0 Å². The number of nitrogens with zero attached hydrogens (tertiary/aromatic N) is 1. The van der Waals surface area contributed by atoms with Gasteiger partial charge in [-0.25, -0.2) is 0 Å². The molecule has 0 aromatic heterocycles. The van der Waals surface area contributed by atoms with Crippen molar-refractivity contribution in [2.75, 3.05) is 6.54 Å². The standard InChI is InChI=1S/C25H40N2O2/c1-3-4-11-15-25(29)27-20-13-10-8-6-5-7-9-12-14-22(21(27)2)16-19-24(28)26-23-17-18-23/h5,7-8,10,12,14,21-23H,3-4,6,9,11,13,15-20H2,1-2H3,(H,26,28)/b7-5-,10-8-,14-12-. The number of hydrogen-bond donors (Lipinski definition) is 1. The second kappa shape index (κ2) is 13.4. The van der Waals surface area contributed by atoms with E-state index in [4.69, 9.17) is 0 Å². The van der Waals surface area contributed by atoms with Crippen LogP contribution in [0.1, 0.15) is 84.5 Å². The molecule has 2 aliphatic rings. The third-order valence-electron chi connectivity index (χ3n) is 5.87. The minimum atomic E-state index is 0.104. The molecule has 1 N–H and O–H groups in total. The summed E-state index contributed by atoms with van der Waals surface area (Å²) in [7, 11) is 0. The molecule has 29 heavy (non-hydrogen) atoms. The highest BCUT2D eigenvalue weighted by Crippen LogP contribution is 2.23. The molecule has 2 atom stereocenters. The highest BCUT2D eigenvalue weighted by molar-refractivity contribution is 5.77. The average Bonchev–Trinajstić information content (AvgIpc) is 3.51. The third-order valence-corrected chi connectivity index (χ3v) is 5.87. The van der Waals surface area contributed by atoms with Gasteiger partial charge in [0.25, 0.3) is 0 Å². The summed E-state index contributed by atoms with van der Waals surface area (Å²) in [4.78, 5) is 27.3. The lowest BCUT2D eigenvalue weighted by Crippen LogP contribution is -2.43. The molecule has 1 aliphatic heterocycles. The van der Waals surface area contributed by atoms with E-state index in [0.29, 0.717) is 18.9 Å². The van der Waals surface area contributed by atoms with Crippen molar-refractivity contribution < 1.29 is 9.59 Å². The van der Waals surface area contributed by atoms with Gasteiger partial charge in [-0.1, -0.05) is 56.2 Å². The van der Waals surface area contributed by atoms with E-state index in [1.807, 2.05) is 0 Å². The molecule has 1 aliphatic carbocycles. The van der Waals surface area contributed by atoms with Crippen molar-refractivity contribution in [1.82, 2.24) is 10.2 Å². The lowest BCUT2D eigenvalue weighted by atomic mass is 9.92. The molecule has 162 valence electrons. The van der Waals surface area contributed by atoms with Crippen molar-refractivity contribution in [3.05, 3.63) is 36.5 Å². The van der Waals surface area contributed by atoms with Crippen LogP contribution in [-0.2, 0) is 9.59 Å². The van der Waals surface area contributed by atoms with Crippen LogP contribution in [-0.4, -0.2) is 35.3 Å². The Balaban J connectivity index is 2.05. The predicted molar refractivity (Wildman–Crippen MR) is 120 cm³/mol. The Bertz CT molecular complexity index is 590.